The maximum absolute atomic E-state index is 12.9. The molecular weight excluding hydrogens is 286 g/mol. The predicted molar refractivity (Wildman–Crippen MR) is 83.1 cm³/mol. The fraction of sp³-hybridized carbons (Fsp3) is 0.200. The molecule has 0 aromatic heterocycles. The molecule has 21 heavy (non-hydrogen) atoms. The van der Waals surface area contributed by atoms with E-state index >= 15 is 0 Å². The largest absolute Gasteiger partial charge is 0.383 e. The van der Waals surface area contributed by atoms with Crippen molar-refractivity contribution in [2.45, 2.75) is 24.0 Å². The van der Waals surface area contributed by atoms with Crippen molar-refractivity contribution in [3.63, 3.8) is 0 Å². The number of rotatable bonds is 2. The van der Waals surface area contributed by atoms with E-state index in [4.69, 9.17) is 5.73 Å². The molecule has 6 heteroatoms. The minimum atomic E-state index is -3.60. The molecule has 0 saturated heterocycles. The molecule has 5 nitrogen and oxygen atoms in total. The van der Waals surface area contributed by atoms with E-state index < -0.39 is 15.1 Å². The van der Waals surface area contributed by atoms with Crippen molar-refractivity contribution in [2.24, 2.45) is 15.7 Å². The average Bonchev–Trinajstić information content (AvgIpc) is 2.88. The van der Waals surface area contributed by atoms with Gasteiger partial charge in [0.1, 0.15) is 11.1 Å². The zero-order valence-electron chi connectivity index (χ0n) is 11.7. The van der Waals surface area contributed by atoms with Crippen LogP contribution in [0, 0.1) is 6.92 Å². The van der Waals surface area contributed by atoms with E-state index in [1.165, 1.54) is 0 Å². The van der Waals surface area contributed by atoms with Gasteiger partial charge in [-0.3, -0.25) is 4.99 Å². The first-order chi connectivity index (χ1) is 9.91. The van der Waals surface area contributed by atoms with Gasteiger partial charge in [0.2, 0.25) is 0 Å². The van der Waals surface area contributed by atoms with E-state index in [-0.39, 0.29) is 4.90 Å². The van der Waals surface area contributed by atoms with Gasteiger partial charge in [-0.25, -0.2) is 13.4 Å². The van der Waals surface area contributed by atoms with Crippen LogP contribution in [0.1, 0.15) is 12.5 Å². The Kier molecular flexibility index (Phi) is 3.06. The maximum Gasteiger partial charge on any atom is 0.192 e. The molecule has 1 aromatic rings. The molecule has 0 aliphatic carbocycles. The molecule has 1 aromatic carbocycles. The van der Waals surface area contributed by atoms with Gasteiger partial charge in [0, 0.05) is 17.5 Å². The third-order valence-corrected chi connectivity index (χ3v) is 5.71. The molecular formula is C15H15N3O2S. The topological polar surface area (TPSA) is 84.9 Å². The van der Waals surface area contributed by atoms with Crippen LogP contribution in [-0.4, -0.2) is 25.1 Å². The van der Waals surface area contributed by atoms with Crippen molar-refractivity contribution in [3.05, 3.63) is 53.5 Å². The van der Waals surface area contributed by atoms with Crippen LogP contribution in [0.25, 0.3) is 0 Å². The fourth-order valence-corrected chi connectivity index (χ4v) is 4.29. The second-order valence-corrected chi connectivity index (χ2v) is 7.15. The fourth-order valence-electron chi connectivity index (χ4n) is 2.51. The van der Waals surface area contributed by atoms with Gasteiger partial charge >= 0.3 is 0 Å². The van der Waals surface area contributed by atoms with Crippen LogP contribution in [0.5, 0.6) is 0 Å². The lowest BCUT2D eigenvalue weighted by atomic mass is 10.0. The van der Waals surface area contributed by atoms with Gasteiger partial charge in [-0.15, -0.1) is 0 Å². The van der Waals surface area contributed by atoms with Gasteiger partial charge in [0.25, 0.3) is 0 Å². The lowest BCUT2D eigenvalue weighted by Crippen LogP contribution is -2.40. The van der Waals surface area contributed by atoms with Gasteiger partial charge in [-0.05, 0) is 32.1 Å². The Morgan fingerprint density at radius 1 is 1.14 bits per heavy atom. The Labute approximate surface area is 123 Å². The molecule has 0 saturated carbocycles. The first-order valence-electron chi connectivity index (χ1n) is 6.51. The summed E-state index contributed by atoms with van der Waals surface area (Å²) in [7, 11) is -3.60. The molecule has 3 rings (SSSR count). The molecule has 0 amide bonds. The number of aliphatic imine (C=N–C) groups is 2. The molecule has 0 bridgehead atoms. The van der Waals surface area contributed by atoms with E-state index in [0.29, 0.717) is 22.8 Å². The number of hydrogen-bond donors (Lipinski definition) is 1. The number of nitrogens with two attached hydrogens (primary N) is 1. The molecule has 2 aliphatic heterocycles. The van der Waals surface area contributed by atoms with Crippen molar-refractivity contribution in [1.82, 2.24) is 0 Å². The van der Waals surface area contributed by atoms with E-state index in [1.54, 1.807) is 43.5 Å². The first-order valence-corrected chi connectivity index (χ1v) is 8.06. The SMILES string of the molecule is CC1=NC(N)=C2C=CN=C2C1S(=O)(=O)c1ccc(C)cc1. The Morgan fingerprint density at radius 2 is 1.81 bits per heavy atom. The highest BCUT2D eigenvalue weighted by molar-refractivity contribution is 7.93. The molecule has 0 spiro atoms. The average molecular weight is 301 g/mol. The van der Waals surface area contributed by atoms with E-state index in [2.05, 4.69) is 9.98 Å². The second kappa shape index (κ2) is 4.66. The number of fused-ring (bicyclic) bond motifs is 1. The lowest BCUT2D eigenvalue weighted by molar-refractivity contribution is 0.596. The van der Waals surface area contributed by atoms with E-state index in [0.717, 1.165) is 5.56 Å². The number of sulfone groups is 1. The van der Waals surface area contributed by atoms with Crippen LogP contribution in [-0.2, 0) is 9.84 Å². The standard InChI is InChI=1S/C15H15N3O2S/c1-9-3-5-11(6-4-9)21(19,20)14-10(2)18-15(16)12-7-8-17-13(12)14/h3-8,14H,16H2,1-2H3. The number of aryl methyl sites for hydroxylation is 1. The molecule has 1 atom stereocenters. The van der Waals surface area contributed by atoms with Crippen LogP contribution in [0.15, 0.2) is 62.8 Å². The summed E-state index contributed by atoms with van der Waals surface area (Å²) in [5, 5.41) is -0.877. The number of hydrogen-bond acceptors (Lipinski definition) is 5. The van der Waals surface area contributed by atoms with Crippen LogP contribution in [0.4, 0.5) is 0 Å². The number of nitrogens with zero attached hydrogens (tertiary/aromatic N) is 2. The quantitative estimate of drug-likeness (QED) is 0.903. The summed E-state index contributed by atoms with van der Waals surface area (Å²) in [4.78, 5) is 8.63. The van der Waals surface area contributed by atoms with Gasteiger partial charge in [-0.2, -0.15) is 0 Å². The third-order valence-electron chi connectivity index (χ3n) is 3.59. The van der Waals surface area contributed by atoms with Gasteiger partial charge < -0.3 is 5.73 Å². The van der Waals surface area contributed by atoms with Crippen LogP contribution >= 0.6 is 0 Å². The minimum Gasteiger partial charge on any atom is -0.383 e. The lowest BCUT2D eigenvalue weighted by Gasteiger charge is -2.23. The normalized spacial score (nSPS) is 21.1. The summed E-state index contributed by atoms with van der Waals surface area (Å²) in [6.45, 7) is 3.58. The molecule has 2 heterocycles. The first kappa shape index (κ1) is 13.8. The van der Waals surface area contributed by atoms with Crippen LogP contribution in [0.2, 0.25) is 0 Å². The summed E-state index contributed by atoms with van der Waals surface area (Å²) in [5.41, 5.74) is 8.35. The zero-order valence-corrected chi connectivity index (χ0v) is 12.6. The smallest absolute Gasteiger partial charge is 0.192 e. The molecule has 0 radical (unpaired) electrons. The highest BCUT2D eigenvalue weighted by Gasteiger charge is 2.39. The predicted octanol–water partition coefficient (Wildman–Crippen LogP) is 1.75. The van der Waals surface area contributed by atoms with Gasteiger partial charge in [-0.1, -0.05) is 17.7 Å². The Hall–Kier alpha value is -2.21. The number of benzene rings is 1. The molecule has 0 fully saturated rings. The molecule has 2 aliphatic rings. The Morgan fingerprint density at radius 3 is 2.48 bits per heavy atom. The van der Waals surface area contributed by atoms with Crippen molar-refractivity contribution in [3.8, 4) is 0 Å². The molecule has 1 unspecified atom stereocenters. The molecule has 108 valence electrons. The van der Waals surface area contributed by atoms with Gasteiger partial charge in [0.15, 0.2) is 9.84 Å². The van der Waals surface area contributed by atoms with Crippen molar-refractivity contribution in [2.75, 3.05) is 0 Å². The summed E-state index contributed by atoms with van der Waals surface area (Å²) >= 11 is 0. The van der Waals surface area contributed by atoms with E-state index in [1.807, 2.05) is 6.92 Å². The monoisotopic (exact) mass is 301 g/mol. The highest BCUT2D eigenvalue weighted by atomic mass is 32.2. The van der Waals surface area contributed by atoms with Crippen molar-refractivity contribution in [1.29, 1.82) is 0 Å². The summed E-state index contributed by atoms with van der Waals surface area (Å²) < 4.78 is 25.8. The van der Waals surface area contributed by atoms with Crippen LogP contribution in [0.3, 0.4) is 0 Å². The van der Waals surface area contributed by atoms with Crippen LogP contribution < -0.4 is 5.73 Å². The van der Waals surface area contributed by atoms with Crippen molar-refractivity contribution < 1.29 is 8.42 Å². The van der Waals surface area contributed by atoms with Gasteiger partial charge in [0.05, 0.1) is 10.6 Å². The second-order valence-electron chi connectivity index (χ2n) is 5.12. The highest BCUT2D eigenvalue weighted by Crippen LogP contribution is 2.28. The summed E-state index contributed by atoms with van der Waals surface area (Å²) in [6, 6.07) is 6.79. The third kappa shape index (κ3) is 2.12. The minimum absolute atomic E-state index is 0.266. The summed E-state index contributed by atoms with van der Waals surface area (Å²) in [6.07, 6.45) is 3.25. The van der Waals surface area contributed by atoms with Crippen molar-refractivity contribution >= 4 is 21.3 Å². The Balaban J connectivity index is 2.12. The summed E-state index contributed by atoms with van der Waals surface area (Å²) in [5.74, 6) is 0.315. The maximum atomic E-state index is 12.9. The molecule has 2 N–H and O–H groups in total. The number of allylic oxidation sites excluding steroid dienone is 2. The Bertz CT molecular complexity index is 828. The zero-order chi connectivity index (χ0) is 15.2. The van der Waals surface area contributed by atoms with E-state index in [9.17, 15) is 8.42 Å².